The molecular formula is C16H25NO. The van der Waals surface area contributed by atoms with Crippen molar-refractivity contribution in [2.45, 2.75) is 52.0 Å². The van der Waals surface area contributed by atoms with Gasteiger partial charge in [0.1, 0.15) is 5.75 Å². The largest absolute Gasteiger partial charge is 0.496 e. The van der Waals surface area contributed by atoms with Crippen LogP contribution >= 0.6 is 0 Å². The summed E-state index contributed by atoms with van der Waals surface area (Å²) in [6, 6.07) is 6.31. The van der Waals surface area contributed by atoms with E-state index in [1.165, 1.54) is 24.0 Å². The zero-order chi connectivity index (χ0) is 13.4. The molecule has 0 spiro atoms. The number of nitrogens with two attached hydrogens (primary N) is 1. The van der Waals surface area contributed by atoms with E-state index in [4.69, 9.17) is 10.5 Å². The summed E-state index contributed by atoms with van der Waals surface area (Å²) in [5, 5.41) is 0. The van der Waals surface area contributed by atoms with E-state index < -0.39 is 0 Å². The average molecular weight is 247 g/mol. The predicted octanol–water partition coefficient (Wildman–Crippen LogP) is 3.76. The Labute approximate surface area is 111 Å². The lowest BCUT2D eigenvalue weighted by Gasteiger charge is -2.55. The fourth-order valence-corrected chi connectivity index (χ4v) is 3.44. The lowest BCUT2D eigenvalue weighted by molar-refractivity contribution is 0.0152. The van der Waals surface area contributed by atoms with Crippen LogP contribution < -0.4 is 10.5 Å². The second kappa shape index (κ2) is 4.58. The van der Waals surface area contributed by atoms with Crippen LogP contribution in [0.3, 0.4) is 0 Å². The van der Waals surface area contributed by atoms with Crippen LogP contribution in [0.4, 0.5) is 0 Å². The van der Waals surface area contributed by atoms with Gasteiger partial charge in [0.2, 0.25) is 0 Å². The molecule has 2 heteroatoms. The van der Waals surface area contributed by atoms with Gasteiger partial charge in [0, 0.05) is 11.1 Å². The number of hydrogen-bond acceptors (Lipinski definition) is 2. The van der Waals surface area contributed by atoms with Crippen molar-refractivity contribution in [1.82, 2.24) is 0 Å². The highest BCUT2D eigenvalue weighted by Gasteiger charge is 2.51. The Bertz CT molecular complexity index is 427. The van der Waals surface area contributed by atoms with Crippen molar-refractivity contribution in [2.75, 3.05) is 7.11 Å². The summed E-state index contributed by atoms with van der Waals surface area (Å²) in [6.07, 6.45) is 4.59. The molecule has 0 amide bonds. The Hall–Kier alpha value is -1.02. The molecule has 18 heavy (non-hydrogen) atoms. The summed E-state index contributed by atoms with van der Waals surface area (Å²) in [7, 11) is 1.73. The van der Waals surface area contributed by atoms with Crippen molar-refractivity contribution in [3.63, 3.8) is 0 Å². The fraction of sp³-hybridized carbons (Fsp3) is 0.625. The minimum atomic E-state index is -0.191. The first kappa shape index (κ1) is 13.4. The van der Waals surface area contributed by atoms with Gasteiger partial charge in [-0.15, -0.1) is 0 Å². The van der Waals surface area contributed by atoms with E-state index in [1.807, 2.05) is 6.07 Å². The van der Waals surface area contributed by atoms with E-state index in [9.17, 15) is 0 Å². The van der Waals surface area contributed by atoms with Crippen molar-refractivity contribution in [1.29, 1.82) is 0 Å². The quantitative estimate of drug-likeness (QED) is 0.879. The molecule has 2 N–H and O–H groups in total. The van der Waals surface area contributed by atoms with Crippen LogP contribution in [0.25, 0.3) is 0 Å². The fourth-order valence-electron chi connectivity index (χ4n) is 3.44. The second-order valence-electron chi connectivity index (χ2n) is 5.92. The minimum absolute atomic E-state index is 0.191. The molecule has 1 aromatic carbocycles. The molecule has 0 bridgehead atoms. The molecule has 0 aliphatic heterocycles. The van der Waals surface area contributed by atoms with Crippen LogP contribution in [0.5, 0.6) is 5.75 Å². The first-order chi connectivity index (χ1) is 8.48. The monoisotopic (exact) mass is 247 g/mol. The molecule has 1 aliphatic carbocycles. The molecule has 1 aliphatic rings. The van der Waals surface area contributed by atoms with Crippen LogP contribution in [-0.4, -0.2) is 7.11 Å². The minimum Gasteiger partial charge on any atom is -0.496 e. The molecule has 0 saturated heterocycles. The number of aryl methyl sites for hydroxylation is 1. The molecule has 100 valence electrons. The number of methoxy groups -OCH3 is 1. The van der Waals surface area contributed by atoms with Crippen molar-refractivity contribution in [2.24, 2.45) is 11.1 Å². The SMILES string of the molecule is CCC1(CC)CC(N)(c2cc(C)ccc2OC)C1. The predicted molar refractivity (Wildman–Crippen MR) is 75.8 cm³/mol. The third-order valence-corrected chi connectivity index (χ3v) is 4.77. The Morgan fingerprint density at radius 3 is 2.33 bits per heavy atom. The molecule has 0 radical (unpaired) electrons. The van der Waals surface area contributed by atoms with Gasteiger partial charge in [0.15, 0.2) is 0 Å². The van der Waals surface area contributed by atoms with E-state index in [2.05, 4.69) is 32.9 Å². The first-order valence-corrected chi connectivity index (χ1v) is 6.92. The lowest BCUT2D eigenvalue weighted by atomic mass is 9.53. The van der Waals surface area contributed by atoms with Gasteiger partial charge in [-0.2, -0.15) is 0 Å². The lowest BCUT2D eigenvalue weighted by Crippen LogP contribution is -2.55. The van der Waals surface area contributed by atoms with Crippen LogP contribution in [0.2, 0.25) is 0 Å². The third-order valence-electron chi connectivity index (χ3n) is 4.77. The van der Waals surface area contributed by atoms with E-state index in [-0.39, 0.29) is 5.54 Å². The first-order valence-electron chi connectivity index (χ1n) is 6.92. The Balaban J connectivity index is 2.31. The van der Waals surface area contributed by atoms with Crippen molar-refractivity contribution < 1.29 is 4.74 Å². The zero-order valence-electron chi connectivity index (χ0n) is 12.0. The maximum absolute atomic E-state index is 6.62. The molecule has 0 unspecified atom stereocenters. The Morgan fingerprint density at radius 1 is 1.22 bits per heavy atom. The molecule has 1 fully saturated rings. The highest BCUT2D eigenvalue weighted by Crippen LogP contribution is 2.57. The summed E-state index contributed by atoms with van der Waals surface area (Å²) in [4.78, 5) is 0. The van der Waals surface area contributed by atoms with Gasteiger partial charge in [0.25, 0.3) is 0 Å². The van der Waals surface area contributed by atoms with Crippen LogP contribution in [0.1, 0.15) is 50.7 Å². The smallest absolute Gasteiger partial charge is 0.123 e. The van der Waals surface area contributed by atoms with Crippen LogP contribution in [0, 0.1) is 12.3 Å². The van der Waals surface area contributed by atoms with Gasteiger partial charge < -0.3 is 10.5 Å². The second-order valence-corrected chi connectivity index (χ2v) is 5.92. The van der Waals surface area contributed by atoms with Gasteiger partial charge in [-0.05, 0) is 31.2 Å². The zero-order valence-corrected chi connectivity index (χ0v) is 12.0. The normalized spacial score (nSPS) is 20.3. The van der Waals surface area contributed by atoms with Crippen molar-refractivity contribution >= 4 is 0 Å². The summed E-state index contributed by atoms with van der Waals surface area (Å²) in [6.45, 7) is 6.66. The molecule has 2 nitrogen and oxygen atoms in total. The standard InChI is InChI=1S/C16H25NO/c1-5-15(6-2)10-16(17,11-15)13-9-12(3)7-8-14(13)18-4/h7-9H,5-6,10-11,17H2,1-4H3. The van der Waals surface area contributed by atoms with Gasteiger partial charge in [-0.1, -0.05) is 44.4 Å². The topological polar surface area (TPSA) is 35.2 Å². The summed E-state index contributed by atoms with van der Waals surface area (Å²) in [5.41, 5.74) is 9.31. The highest BCUT2D eigenvalue weighted by atomic mass is 16.5. The van der Waals surface area contributed by atoms with Gasteiger partial charge >= 0.3 is 0 Å². The summed E-state index contributed by atoms with van der Waals surface area (Å²) in [5.74, 6) is 0.934. The maximum Gasteiger partial charge on any atom is 0.123 e. The molecule has 0 heterocycles. The Kier molecular flexibility index (Phi) is 3.41. The van der Waals surface area contributed by atoms with Gasteiger partial charge in [-0.25, -0.2) is 0 Å². The van der Waals surface area contributed by atoms with E-state index in [1.54, 1.807) is 7.11 Å². The van der Waals surface area contributed by atoms with E-state index in [0.717, 1.165) is 18.6 Å². The third kappa shape index (κ3) is 2.03. The van der Waals surface area contributed by atoms with Gasteiger partial charge in [0.05, 0.1) is 7.11 Å². The Morgan fingerprint density at radius 2 is 1.83 bits per heavy atom. The number of ether oxygens (including phenoxy) is 1. The average Bonchev–Trinajstić information content (AvgIpc) is 2.34. The van der Waals surface area contributed by atoms with Crippen LogP contribution in [-0.2, 0) is 5.54 Å². The summed E-state index contributed by atoms with van der Waals surface area (Å²) < 4.78 is 5.48. The van der Waals surface area contributed by atoms with Crippen molar-refractivity contribution in [3.05, 3.63) is 29.3 Å². The molecule has 1 aromatic rings. The van der Waals surface area contributed by atoms with Gasteiger partial charge in [-0.3, -0.25) is 0 Å². The number of hydrogen-bond donors (Lipinski definition) is 1. The van der Waals surface area contributed by atoms with E-state index in [0.29, 0.717) is 5.41 Å². The maximum atomic E-state index is 6.62. The molecule has 1 saturated carbocycles. The summed E-state index contributed by atoms with van der Waals surface area (Å²) >= 11 is 0. The molecular weight excluding hydrogens is 222 g/mol. The van der Waals surface area contributed by atoms with E-state index >= 15 is 0 Å². The highest BCUT2D eigenvalue weighted by molar-refractivity contribution is 5.43. The molecule has 0 aromatic heterocycles. The number of rotatable bonds is 4. The molecule has 0 atom stereocenters. The number of benzene rings is 1. The molecule has 2 rings (SSSR count). The van der Waals surface area contributed by atoms with Crippen molar-refractivity contribution in [3.8, 4) is 5.75 Å². The van der Waals surface area contributed by atoms with Crippen LogP contribution in [0.15, 0.2) is 18.2 Å².